The number of anilines is 3. The molecule has 2 saturated heterocycles. The molecule has 0 spiro atoms. The van der Waals surface area contributed by atoms with Crippen LogP contribution >= 0.6 is 0 Å². The summed E-state index contributed by atoms with van der Waals surface area (Å²) in [4.78, 5) is 32.2. The van der Waals surface area contributed by atoms with Crippen molar-refractivity contribution in [1.82, 2.24) is 19.9 Å². The van der Waals surface area contributed by atoms with Crippen LogP contribution in [0.4, 0.5) is 30.5 Å². The number of amides is 1. The number of hydrogen-bond acceptors (Lipinski definition) is 10. The van der Waals surface area contributed by atoms with E-state index >= 15 is 0 Å². The third-order valence-corrected chi connectivity index (χ3v) is 6.85. The summed E-state index contributed by atoms with van der Waals surface area (Å²) in [5.74, 6) is 0.252. The number of nitrogens with one attached hydrogen (secondary N) is 2. The Morgan fingerprint density at radius 2 is 2.10 bits per heavy atom. The monoisotopic (exact) mass is 557 g/mol. The van der Waals surface area contributed by atoms with Crippen LogP contribution in [0.3, 0.4) is 0 Å². The summed E-state index contributed by atoms with van der Waals surface area (Å²) in [6.07, 6.45) is -1.39. The smallest absolute Gasteiger partial charge is 0.416 e. The second kappa shape index (κ2) is 9.86. The standard InChI is InChI=1S/C26H26F3N7O4/c1-25(2)39-12-17(40-25)11-38-21-8-20(31-13-32-21)34-24(37)18-7-16-10-36(18)19-9-30-22(35-23(19)33-16)14-4-3-5-15(6-14)26(27,28)29/h3-6,8-9,13,16-18H,7,10-12H2,1-2H3,(H,30,33,35)(H,31,32,34,37)/t16-,17+,18?/m0/s1. The fraction of sp³-hybridized carbons (Fsp3) is 0.423. The van der Waals surface area contributed by atoms with Gasteiger partial charge in [-0.2, -0.15) is 13.2 Å². The highest BCUT2D eigenvalue weighted by molar-refractivity contribution is 5.98. The van der Waals surface area contributed by atoms with Gasteiger partial charge in [-0.25, -0.2) is 19.9 Å². The number of fused-ring (bicyclic) bond motifs is 4. The van der Waals surface area contributed by atoms with E-state index in [4.69, 9.17) is 14.2 Å². The molecule has 210 valence electrons. The number of hydrogen-bond donors (Lipinski definition) is 2. The molecule has 3 aliphatic rings. The Labute approximate surface area is 227 Å². The minimum Gasteiger partial charge on any atom is -0.475 e. The quantitative estimate of drug-likeness (QED) is 0.466. The van der Waals surface area contributed by atoms with Gasteiger partial charge < -0.3 is 29.7 Å². The first kappa shape index (κ1) is 26.2. The third kappa shape index (κ3) is 5.36. The van der Waals surface area contributed by atoms with E-state index < -0.39 is 23.6 Å². The summed E-state index contributed by atoms with van der Waals surface area (Å²) in [5, 5.41) is 6.11. The molecule has 1 amide bonds. The molecule has 2 aromatic heterocycles. The summed E-state index contributed by atoms with van der Waals surface area (Å²) in [5.41, 5.74) is 0.0696. The lowest BCUT2D eigenvalue weighted by Crippen LogP contribution is -2.41. The normalized spacial score (nSPS) is 22.9. The maximum atomic E-state index is 13.3. The molecule has 5 heterocycles. The molecule has 0 aliphatic carbocycles. The van der Waals surface area contributed by atoms with Gasteiger partial charge in [0.05, 0.1) is 24.1 Å². The number of rotatable bonds is 6. The van der Waals surface area contributed by atoms with Crippen LogP contribution in [0.25, 0.3) is 11.4 Å². The molecule has 40 heavy (non-hydrogen) atoms. The molecule has 3 aliphatic heterocycles. The van der Waals surface area contributed by atoms with Crippen LogP contribution in [0.5, 0.6) is 5.88 Å². The molecule has 1 aromatic carbocycles. The topological polar surface area (TPSA) is 124 Å². The summed E-state index contributed by atoms with van der Waals surface area (Å²) in [6, 6.07) is 5.80. The van der Waals surface area contributed by atoms with E-state index in [1.807, 2.05) is 18.7 Å². The third-order valence-electron chi connectivity index (χ3n) is 6.85. The summed E-state index contributed by atoms with van der Waals surface area (Å²) >= 11 is 0. The molecule has 11 nitrogen and oxygen atoms in total. The van der Waals surface area contributed by atoms with Crippen molar-refractivity contribution in [3.8, 4) is 17.3 Å². The molecule has 14 heteroatoms. The lowest BCUT2D eigenvalue weighted by atomic mass is 10.1. The van der Waals surface area contributed by atoms with Crippen molar-refractivity contribution < 1.29 is 32.2 Å². The van der Waals surface area contributed by atoms with Crippen molar-refractivity contribution in [1.29, 1.82) is 0 Å². The number of halogens is 3. The van der Waals surface area contributed by atoms with Crippen LogP contribution < -0.4 is 20.3 Å². The fourth-order valence-corrected chi connectivity index (χ4v) is 5.03. The lowest BCUT2D eigenvalue weighted by molar-refractivity contribution is -0.141. The zero-order valence-electron chi connectivity index (χ0n) is 21.6. The van der Waals surface area contributed by atoms with E-state index in [1.54, 1.807) is 0 Å². The predicted molar refractivity (Wildman–Crippen MR) is 137 cm³/mol. The SMILES string of the molecule is CC1(C)OC[C@@H](COc2cc(NC(=O)C3C[C@H]4CN3c3cnc(-c5cccc(C(F)(F)F)c5)nc3N4)ncn2)O1. The molecule has 3 aromatic rings. The van der Waals surface area contributed by atoms with Crippen molar-refractivity contribution in [2.75, 3.05) is 35.3 Å². The number of nitrogens with zero attached hydrogens (tertiary/aromatic N) is 5. The minimum atomic E-state index is -4.47. The molecule has 6 rings (SSSR count). The number of ether oxygens (including phenoxy) is 3. The Morgan fingerprint density at radius 3 is 2.88 bits per heavy atom. The van der Waals surface area contributed by atoms with Crippen LogP contribution in [0, 0.1) is 0 Å². The largest absolute Gasteiger partial charge is 0.475 e. The van der Waals surface area contributed by atoms with Crippen LogP contribution in [0.1, 0.15) is 25.8 Å². The Balaban J connectivity index is 1.14. The highest BCUT2D eigenvalue weighted by Gasteiger charge is 2.42. The molecular formula is C26H26F3N7O4. The average Bonchev–Trinajstić information content (AvgIpc) is 3.45. The molecule has 2 N–H and O–H groups in total. The van der Waals surface area contributed by atoms with Gasteiger partial charge in [0.25, 0.3) is 0 Å². The molecule has 1 unspecified atom stereocenters. The Morgan fingerprint density at radius 1 is 1.25 bits per heavy atom. The van der Waals surface area contributed by atoms with Crippen molar-refractivity contribution in [3.63, 3.8) is 0 Å². The van der Waals surface area contributed by atoms with Gasteiger partial charge >= 0.3 is 6.18 Å². The van der Waals surface area contributed by atoms with E-state index in [1.165, 1.54) is 30.7 Å². The minimum absolute atomic E-state index is 0.0744. The zero-order chi connectivity index (χ0) is 28.1. The second-order valence-corrected chi connectivity index (χ2v) is 10.2. The highest BCUT2D eigenvalue weighted by Crippen LogP contribution is 2.39. The second-order valence-electron chi connectivity index (χ2n) is 10.2. The van der Waals surface area contributed by atoms with E-state index in [2.05, 4.69) is 30.6 Å². The average molecular weight is 558 g/mol. The number of benzene rings is 1. The van der Waals surface area contributed by atoms with Gasteiger partial charge in [-0.15, -0.1) is 0 Å². The zero-order valence-corrected chi connectivity index (χ0v) is 21.6. The Hall–Kier alpha value is -4.04. The molecular weight excluding hydrogens is 531 g/mol. The van der Waals surface area contributed by atoms with E-state index in [0.29, 0.717) is 31.1 Å². The molecule has 0 saturated carbocycles. The van der Waals surface area contributed by atoms with Crippen LogP contribution in [0.15, 0.2) is 42.9 Å². The van der Waals surface area contributed by atoms with Crippen molar-refractivity contribution in [2.45, 2.75) is 50.4 Å². The van der Waals surface area contributed by atoms with Gasteiger partial charge in [-0.3, -0.25) is 4.79 Å². The first-order valence-electron chi connectivity index (χ1n) is 12.7. The van der Waals surface area contributed by atoms with Gasteiger partial charge in [-0.05, 0) is 32.4 Å². The number of carbonyl (C=O) groups excluding carboxylic acids is 1. The van der Waals surface area contributed by atoms with Crippen LogP contribution in [-0.4, -0.2) is 69.6 Å². The molecule has 3 atom stereocenters. The molecule has 2 fully saturated rings. The van der Waals surface area contributed by atoms with Crippen molar-refractivity contribution in [3.05, 3.63) is 48.4 Å². The van der Waals surface area contributed by atoms with Crippen LogP contribution in [0.2, 0.25) is 0 Å². The molecule has 0 radical (unpaired) electrons. The van der Waals surface area contributed by atoms with Crippen molar-refractivity contribution >= 4 is 23.2 Å². The van der Waals surface area contributed by atoms with Gasteiger partial charge in [0, 0.05) is 24.2 Å². The lowest BCUT2D eigenvalue weighted by Gasteiger charge is -2.30. The van der Waals surface area contributed by atoms with E-state index in [0.717, 1.165) is 12.1 Å². The highest BCUT2D eigenvalue weighted by atomic mass is 19.4. The van der Waals surface area contributed by atoms with E-state index in [9.17, 15) is 18.0 Å². The van der Waals surface area contributed by atoms with Gasteiger partial charge in [0.1, 0.15) is 30.9 Å². The predicted octanol–water partition coefficient (Wildman–Crippen LogP) is 3.49. The Kier molecular flexibility index (Phi) is 6.45. The van der Waals surface area contributed by atoms with Gasteiger partial charge in [-0.1, -0.05) is 12.1 Å². The number of carbonyl (C=O) groups is 1. The van der Waals surface area contributed by atoms with Crippen molar-refractivity contribution in [2.24, 2.45) is 0 Å². The number of alkyl halides is 3. The summed E-state index contributed by atoms with van der Waals surface area (Å²) < 4.78 is 56.5. The van der Waals surface area contributed by atoms with Gasteiger partial charge in [0.2, 0.25) is 11.8 Å². The first-order valence-corrected chi connectivity index (χ1v) is 12.7. The summed E-state index contributed by atoms with van der Waals surface area (Å²) in [7, 11) is 0. The summed E-state index contributed by atoms with van der Waals surface area (Å²) in [6.45, 7) is 4.84. The van der Waals surface area contributed by atoms with Gasteiger partial charge in [0.15, 0.2) is 17.4 Å². The van der Waals surface area contributed by atoms with E-state index in [-0.39, 0.29) is 47.7 Å². The maximum Gasteiger partial charge on any atom is 0.416 e. The number of aromatic nitrogens is 4. The Bertz CT molecular complexity index is 1440. The first-order chi connectivity index (χ1) is 19.0. The van der Waals surface area contributed by atoms with Crippen LogP contribution in [-0.2, 0) is 20.4 Å². The molecule has 2 bridgehead atoms. The maximum absolute atomic E-state index is 13.3. The fourth-order valence-electron chi connectivity index (χ4n) is 5.03.